The van der Waals surface area contributed by atoms with Crippen molar-refractivity contribution in [3.05, 3.63) is 29.8 Å². The minimum absolute atomic E-state index is 0.0969. The van der Waals surface area contributed by atoms with Gasteiger partial charge in [-0.2, -0.15) is 8.42 Å². The summed E-state index contributed by atoms with van der Waals surface area (Å²) in [7, 11) is -2.19. The number of nitrogens with zero attached hydrogens (tertiary/aromatic N) is 1. The van der Waals surface area contributed by atoms with Crippen LogP contribution in [-0.2, 0) is 19.0 Å². The highest BCUT2D eigenvalue weighted by Crippen LogP contribution is 2.17. The van der Waals surface area contributed by atoms with Gasteiger partial charge in [-0.3, -0.25) is 4.18 Å². The maximum Gasteiger partial charge on any atom is 0.410 e. The second-order valence-electron chi connectivity index (χ2n) is 8.11. The summed E-state index contributed by atoms with van der Waals surface area (Å²) in [6, 6.07) is 6.40. The van der Waals surface area contributed by atoms with E-state index in [1.54, 1.807) is 40.0 Å². The molecular formula is C20H33NO6S. The fourth-order valence-electron chi connectivity index (χ4n) is 2.36. The van der Waals surface area contributed by atoms with E-state index in [2.05, 4.69) is 0 Å². The molecule has 1 amide bonds. The Bertz CT molecular complexity index is 724. The molecule has 0 spiro atoms. The summed E-state index contributed by atoms with van der Waals surface area (Å²) < 4.78 is 34.6. The lowest BCUT2D eigenvalue weighted by Crippen LogP contribution is -2.36. The molecule has 160 valence electrons. The highest BCUT2D eigenvalue weighted by atomic mass is 32.2. The van der Waals surface area contributed by atoms with Gasteiger partial charge in [-0.15, -0.1) is 0 Å². The van der Waals surface area contributed by atoms with Crippen molar-refractivity contribution in [2.75, 3.05) is 20.2 Å². The zero-order valence-corrected chi connectivity index (χ0v) is 18.5. The van der Waals surface area contributed by atoms with E-state index in [-0.39, 0.29) is 23.8 Å². The molecule has 28 heavy (non-hydrogen) atoms. The number of aliphatic hydroxyl groups excluding tert-OH is 1. The van der Waals surface area contributed by atoms with Crippen LogP contribution in [0.25, 0.3) is 0 Å². The van der Waals surface area contributed by atoms with E-state index >= 15 is 0 Å². The van der Waals surface area contributed by atoms with Gasteiger partial charge in [0.05, 0.1) is 17.6 Å². The molecule has 0 bridgehead atoms. The van der Waals surface area contributed by atoms with Crippen LogP contribution in [0.4, 0.5) is 4.79 Å². The van der Waals surface area contributed by atoms with Crippen LogP contribution in [-0.4, -0.2) is 56.4 Å². The Balaban J connectivity index is 2.41. The van der Waals surface area contributed by atoms with Crippen LogP contribution in [0.15, 0.2) is 29.2 Å². The second-order valence-corrected chi connectivity index (χ2v) is 9.73. The van der Waals surface area contributed by atoms with Gasteiger partial charge in [-0.05, 0) is 58.6 Å². The number of rotatable bonds is 9. The van der Waals surface area contributed by atoms with Crippen LogP contribution in [0, 0.1) is 12.8 Å². The molecule has 8 heteroatoms. The minimum atomic E-state index is -3.83. The Labute approximate surface area is 168 Å². The third kappa shape index (κ3) is 8.58. The van der Waals surface area contributed by atoms with Gasteiger partial charge >= 0.3 is 6.09 Å². The van der Waals surface area contributed by atoms with E-state index in [0.29, 0.717) is 13.0 Å². The summed E-state index contributed by atoms with van der Waals surface area (Å²) in [6.45, 7) is 9.44. The summed E-state index contributed by atoms with van der Waals surface area (Å²) in [4.78, 5) is 13.5. The first-order valence-corrected chi connectivity index (χ1v) is 10.8. The molecule has 1 N–H and O–H groups in total. The number of amides is 1. The number of benzene rings is 1. The van der Waals surface area contributed by atoms with Crippen LogP contribution in [0.2, 0.25) is 0 Å². The number of carbonyl (C=O) groups excluding carboxylic acids is 1. The van der Waals surface area contributed by atoms with Crippen molar-refractivity contribution in [1.82, 2.24) is 4.90 Å². The van der Waals surface area contributed by atoms with Gasteiger partial charge in [0.15, 0.2) is 0 Å². The predicted molar refractivity (Wildman–Crippen MR) is 108 cm³/mol. The Kier molecular flexibility index (Phi) is 8.91. The first kappa shape index (κ1) is 24.4. The van der Waals surface area contributed by atoms with E-state index in [0.717, 1.165) is 5.56 Å². The number of ether oxygens (including phenoxy) is 1. The number of hydrogen-bond donors (Lipinski definition) is 1. The van der Waals surface area contributed by atoms with Gasteiger partial charge in [0, 0.05) is 13.6 Å². The van der Waals surface area contributed by atoms with Crippen molar-refractivity contribution in [3.63, 3.8) is 0 Å². The average molecular weight is 416 g/mol. The molecule has 0 aliphatic rings. The molecule has 0 fully saturated rings. The van der Waals surface area contributed by atoms with E-state index < -0.39 is 27.9 Å². The minimum Gasteiger partial charge on any atom is -0.444 e. The fraction of sp³-hybridized carbons (Fsp3) is 0.650. The smallest absolute Gasteiger partial charge is 0.410 e. The Hall–Kier alpha value is -1.64. The molecule has 1 aromatic rings. The number of hydrogen-bond acceptors (Lipinski definition) is 6. The highest BCUT2D eigenvalue weighted by Gasteiger charge is 2.22. The van der Waals surface area contributed by atoms with Crippen molar-refractivity contribution < 1.29 is 27.2 Å². The van der Waals surface area contributed by atoms with E-state index in [1.807, 2.05) is 13.8 Å². The molecule has 0 aliphatic heterocycles. The number of aryl methyl sites for hydroxylation is 1. The normalized spacial score (nSPS) is 14.4. The zero-order valence-electron chi connectivity index (χ0n) is 17.6. The molecule has 1 aromatic carbocycles. The lowest BCUT2D eigenvalue weighted by molar-refractivity contribution is 0.0263. The molecule has 0 aliphatic carbocycles. The molecule has 0 saturated carbocycles. The van der Waals surface area contributed by atoms with E-state index in [4.69, 9.17) is 8.92 Å². The first-order chi connectivity index (χ1) is 12.8. The Morgan fingerprint density at radius 2 is 1.75 bits per heavy atom. The third-order valence-electron chi connectivity index (χ3n) is 4.24. The van der Waals surface area contributed by atoms with Crippen molar-refractivity contribution in [3.8, 4) is 0 Å². The van der Waals surface area contributed by atoms with Crippen molar-refractivity contribution in [1.29, 1.82) is 0 Å². The second kappa shape index (κ2) is 10.2. The molecule has 0 radical (unpaired) electrons. The van der Waals surface area contributed by atoms with Gasteiger partial charge < -0.3 is 14.7 Å². The third-order valence-corrected chi connectivity index (χ3v) is 5.57. The van der Waals surface area contributed by atoms with Crippen molar-refractivity contribution in [2.45, 2.75) is 64.1 Å². The van der Waals surface area contributed by atoms with Gasteiger partial charge in [-0.25, -0.2) is 4.79 Å². The molecular weight excluding hydrogens is 382 g/mol. The Morgan fingerprint density at radius 1 is 1.18 bits per heavy atom. The molecule has 0 unspecified atom stereocenters. The summed E-state index contributed by atoms with van der Waals surface area (Å²) in [5.74, 6) is -0.129. The van der Waals surface area contributed by atoms with Crippen LogP contribution < -0.4 is 0 Å². The summed E-state index contributed by atoms with van der Waals surface area (Å²) in [5.41, 5.74) is 0.399. The molecule has 0 saturated heterocycles. The first-order valence-electron chi connectivity index (χ1n) is 9.40. The van der Waals surface area contributed by atoms with Gasteiger partial charge in [0.2, 0.25) is 0 Å². The maximum atomic E-state index is 12.1. The molecule has 0 aromatic heterocycles. The summed E-state index contributed by atoms with van der Waals surface area (Å²) in [5, 5.41) is 10.2. The van der Waals surface area contributed by atoms with Crippen molar-refractivity contribution in [2.24, 2.45) is 5.92 Å². The monoisotopic (exact) mass is 415 g/mol. The van der Waals surface area contributed by atoms with Crippen molar-refractivity contribution >= 4 is 16.2 Å². The number of carbonyl (C=O) groups is 1. The summed E-state index contributed by atoms with van der Waals surface area (Å²) >= 11 is 0. The van der Waals surface area contributed by atoms with Crippen LogP contribution >= 0.6 is 0 Å². The lowest BCUT2D eigenvalue weighted by Gasteiger charge is -2.26. The topological polar surface area (TPSA) is 93.1 Å². The molecule has 2 atom stereocenters. The quantitative estimate of drug-likeness (QED) is 0.622. The molecule has 7 nitrogen and oxygen atoms in total. The van der Waals surface area contributed by atoms with Gasteiger partial charge in [0.1, 0.15) is 5.60 Å². The van der Waals surface area contributed by atoms with E-state index in [9.17, 15) is 18.3 Å². The molecule has 0 heterocycles. The highest BCUT2D eigenvalue weighted by molar-refractivity contribution is 7.86. The standard InChI is InChI=1S/C20H33NO6S/c1-15-7-9-17(10-8-15)28(24,25)26-14-12-18(22)16(2)11-13-21(6)19(23)27-20(3,4)5/h7-10,16,18,22H,11-14H2,1-6H3/t16-,18+/m1/s1. The average Bonchev–Trinajstić information content (AvgIpc) is 2.57. The van der Waals surface area contributed by atoms with Crippen LogP contribution in [0.5, 0.6) is 0 Å². The van der Waals surface area contributed by atoms with Gasteiger partial charge in [0.25, 0.3) is 10.1 Å². The SMILES string of the molecule is Cc1ccc(S(=O)(=O)OCC[C@H](O)[C@H](C)CCN(C)C(=O)OC(C)(C)C)cc1. The zero-order chi connectivity index (χ0) is 21.5. The lowest BCUT2D eigenvalue weighted by atomic mass is 9.98. The predicted octanol–water partition coefficient (Wildman–Crippen LogP) is 3.34. The largest absolute Gasteiger partial charge is 0.444 e. The molecule has 1 rings (SSSR count). The maximum absolute atomic E-state index is 12.1. The Morgan fingerprint density at radius 3 is 2.29 bits per heavy atom. The van der Waals surface area contributed by atoms with Crippen LogP contribution in [0.1, 0.15) is 46.1 Å². The fourth-order valence-corrected chi connectivity index (χ4v) is 3.28. The summed E-state index contributed by atoms with van der Waals surface area (Å²) in [6.07, 6.45) is -0.411. The van der Waals surface area contributed by atoms with E-state index in [1.165, 1.54) is 17.0 Å². The van der Waals surface area contributed by atoms with Gasteiger partial charge in [-0.1, -0.05) is 24.6 Å². The number of aliphatic hydroxyl groups is 1. The van der Waals surface area contributed by atoms with Crippen LogP contribution in [0.3, 0.4) is 0 Å².